The second-order valence-corrected chi connectivity index (χ2v) is 4.60. The largest absolute Gasteiger partial charge is 0.402 e. The predicted molar refractivity (Wildman–Crippen MR) is 80.3 cm³/mol. The third-order valence-corrected chi connectivity index (χ3v) is 2.84. The summed E-state index contributed by atoms with van der Waals surface area (Å²) in [6.45, 7) is 8.09. The molecule has 0 spiro atoms. The first-order valence-electron chi connectivity index (χ1n) is 6.49. The first-order valence-corrected chi connectivity index (χ1v) is 6.49. The summed E-state index contributed by atoms with van der Waals surface area (Å²) < 4.78 is 0. The summed E-state index contributed by atoms with van der Waals surface area (Å²) in [5.41, 5.74) is 10.6. The summed E-state index contributed by atoms with van der Waals surface area (Å²) in [4.78, 5) is 0. The molecule has 0 aliphatic heterocycles. The molecule has 1 rings (SSSR count). The molecule has 0 saturated heterocycles. The van der Waals surface area contributed by atoms with Gasteiger partial charge in [-0.25, -0.2) is 0 Å². The summed E-state index contributed by atoms with van der Waals surface area (Å²) >= 11 is 0. The second kappa shape index (κ2) is 7.54. The van der Waals surface area contributed by atoms with E-state index in [2.05, 4.69) is 50.8 Å². The highest BCUT2D eigenvalue weighted by Gasteiger charge is 1.96. The number of benzene rings is 1. The molecule has 0 unspecified atom stereocenters. The van der Waals surface area contributed by atoms with E-state index >= 15 is 0 Å². The molecule has 0 bridgehead atoms. The summed E-state index contributed by atoms with van der Waals surface area (Å²) in [6.07, 6.45) is 8.89. The Morgan fingerprint density at radius 3 is 2.44 bits per heavy atom. The van der Waals surface area contributed by atoms with E-state index < -0.39 is 0 Å². The van der Waals surface area contributed by atoms with Crippen LogP contribution in [0.3, 0.4) is 0 Å². The molecule has 0 amide bonds. The fourth-order valence-corrected chi connectivity index (χ4v) is 1.73. The number of aryl methyl sites for hydroxylation is 1. The van der Waals surface area contributed by atoms with Gasteiger partial charge in [0.15, 0.2) is 0 Å². The van der Waals surface area contributed by atoms with Gasteiger partial charge in [-0.2, -0.15) is 0 Å². The molecule has 0 heterocycles. The van der Waals surface area contributed by atoms with Crippen LogP contribution >= 0.6 is 0 Å². The van der Waals surface area contributed by atoms with E-state index in [1.807, 2.05) is 12.2 Å². The normalized spacial score (nSPS) is 12.6. The standard InChI is InChI=1S/C17H23N/c1-4-6-17(18)12-11-15(5-2)13-16-9-7-14(3)8-10-16/h5,7-12H,2,4,6,13,18H2,1,3H3/b15-11+,17-12-. The van der Waals surface area contributed by atoms with E-state index in [9.17, 15) is 0 Å². The zero-order chi connectivity index (χ0) is 13.4. The zero-order valence-electron chi connectivity index (χ0n) is 11.4. The van der Waals surface area contributed by atoms with Crippen LogP contribution in [0.25, 0.3) is 0 Å². The van der Waals surface area contributed by atoms with Crippen molar-refractivity contribution in [3.8, 4) is 0 Å². The molecule has 0 aromatic heterocycles. The van der Waals surface area contributed by atoms with Crippen molar-refractivity contribution in [3.05, 3.63) is 71.5 Å². The van der Waals surface area contributed by atoms with Crippen LogP contribution in [0.2, 0.25) is 0 Å². The fourth-order valence-electron chi connectivity index (χ4n) is 1.73. The van der Waals surface area contributed by atoms with Crippen molar-refractivity contribution in [1.82, 2.24) is 0 Å². The van der Waals surface area contributed by atoms with Crippen LogP contribution in [0.1, 0.15) is 30.9 Å². The quantitative estimate of drug-likeness (QED) is 0.739. The lowest BCUT2D eigenvalue weighted by atomic mass is 10.0. The van der Waals surface area contributed by atoms with Crippen molar-refractivity contribution in [2.75, 3.05) is 0 Å². The minimum atomic E-state index is 0.902. The molecule has 1 aromatic carbocycles. The van der Waals surface area contributed by atoms with Crippen molar-refractivity contribution < 1.29 is 0 Å². The SMILES string of the molecule is C=C/C(=C\C=C(/N)CCC)Cc1ccc(C)cc1. The van der Waals surface area contributed by atoms with Gasteiger partial charge in [0, 0.05) is 5.70 Å². The van der Waals surface area contributed by atoms with Crippen LogP contribution in [0.15, 0.2) is 60.3 Å². The first-order chi connectivity index (χ1) is 8.65. The van der Waals surface area contributed by atoms with E-state index in [0.717, 1.165) is 25.0 Å². The average Bonchev–Trinajstić information content (AvgIpc) is 2.37. The highest BCUT2D eigenvalue weighted by atomic mass is 14.6. The van der Waals surface area contributed by atoms with Gasteiger partial charge < -0.3 is 5.73 Å². The smallest absolute Gasteiger partial charge is 0.00804 e. The molecule has 0 radical (unpaired) electrons. The van der Waals surface area contributed by atoms with Crippen LogP contribution in [-0.4, -0.2) is 0 Å². The molecule has 1 aromatic rings. The van der Waals surface area contributed by atoms with Crippen LogP contribution in [0.4, 0.5) is 0 Å². The fraction of sp³-hybridized carbons (Fsp3) is 0.294. The molecule has 1 nitrogen and oxygen atoms in total. The lowest BCUT2D eigenvalue weighted by Crippen LogP contribution is -1.95. The van der Waals surface area contributed by atoms with Crippen molar-refractivity contribution >= 4 is 0 Å². The Morgan fingerprint density at radius 2 is 1.89 bits per heavy atom. The number of hydrogen-bond donors (Lipinski definition) is 1. The number of rotatable bonds is 6. The van der Waals surface area contributed by atoms with Crippen LogP contribution in [-0.2, 0) is 6.42 Å². The van der Waals surface area contributed by atoms with Gasteiger partial charge >= 0.3 is 0 Å². The number of hydrogen-bond acceptors (Lipinski definition) is 1. The molecule has 1 heteroatoms. The number of allylic oxidation sites excluding steroid dienone is 5. The maximum Gasteiger partial charge on any atom is 0.00804 e. The summed E-state index contributed by atoms with van der Waals surface area (Å²) in [7, 11) is 0. The molecule has 96 valence electrons. The Kier molecular flexibility index (Phi) is 5.99. The molecule has 0 aliphatic carbocycles. The summed E-state index contributed by atoms with van der Waals surface area (Å²) in [5, 5.41) is 0. The molecular formula is C17H23N. The van der Waals surface area contributed by atoms with E-state index in [-0.39, 0.29) is 0 Å². The maximum absolute atomic E-state index is 5.88. The van der Waals surface area contributed by atoms with Crippen molar-refractivity contribution in [2.24, 2.45) is 5.73 Å². The average molecular weight is 241 g/mol. The Balaban J connectivity index is 2.72. The molecule has 0 aliphatic rings. The second-order valence-electron chi connectivity index (χ2n) is 4.60. The zero-order valence-corrected chi connectivity index (χ0v) is 11.4. The lowest BCUT2D eigenvalue weighted by molar-refractivity contribution is 0.893. The van der Waals surface area contributed by atoms with E-state index in [0.29, 0.717) is 0 Å². The topological polar surface area (TPSA) is 26.0 Å². The minimum Gasteiger partial charge on any atom is -0.402 e. The van der Waals surface area contributed by atoms with Gasteiger partial charge in [0.05, 0.1) is 0 Å². The third-order valence-electron chi connectivity index (χ3n) is 2.84. The minimum absolute atomic E-state index is 0.902. The molecule has 18 heavy (non-hydrogen) atoms. The molecule has 0 fully saturated rings. The Labute approximate surface area is 111 Å². The van der Waals surface area contributed by atoms with Gasteiger partial charge in [0.2, 0.25) is 0 Å². The van der Waals surface area contributed by atoms with E-state index in [4.69, 9.17) is 5.73 Å². The van der Waals surface area contributed by atoms with Crippen molar-refractivity contribution in [1.29, 1.82) is 0 Å². The monoisotopic (exact) mass is 241 g/mol. The summed E-state index contributed by atoms with van der Waals surface area (Å²) in [6, 6.07) is 8.59. The van der Waals surface area contributed by atoms with Crippen molar-refractivity contribution in [3.63, 3.8) is 0 Å². The van der Waals surface area contributed by atoms with Crippen LogP contribution < -0.4 is 5.73 Å². The van der Waals surface area contributed by atoms with Gasteiger partial charge in [-0.1, -0.05) is 61.9 Å². The van der Waals surface area contributed by atoms with Gasteiger partial charge in [0.1, 0.15) is 0 Å². The Bertz CT molecular complexity index is 435. The molecule has 0 atom stereocenters. The third kappa shape index (κ3) is 5.05. The van der Waals surface area contributed by atoms with Gasteiger partial charge in [-0.3, -0.25) is 0 Å². The Morgan fingerprint density at radius 1 is 1.22 bits per heavy atom. The highest BCUT2D eigenvalue weighted by Crippen LogP contribution is 2.11. The molecular weight excluding hydrogens is 218 g/mol. The molecule has 0 saturated carbocycles. The Hall–Kier alpha value is -1.76. The number of nitrogens with two attached hydrogens (primary N) is 1. The lowest BCUT2D eigenvalue weighted by Gasteiger charge is -2.03. The maximum atomic E-state index is 5.88. The highest BCUT2D eigenvalue weighted by molar-refractivity contribution is 5.32. The van der Waals surface area contributed by atoms with E-state index in [1.165, 1.54) is 16.7 Å². The van der Waals surface area contributed by atoms with Gasteiger partial charge in [0.25, 0.3) is 0 Å². The van der Waals surface area contributed by atoms with Gasteiger partial charge in [-0.15, -0.1) is 0 Å². The summed E-state index contributed by atoms with van der Waals surface area (Å²) in [5.74, 6) is 0. The van der Waals surface area contributed by atoms with Crippen LogP contribution in [0.5, 0.6) is 0 Å². The first kappa shape index (κ1) is 14.3. The van der Waals surface area contributed by atoms with Gasteiger partial charge in [-0.05, 0) is 37.0 Å². The van der Waals surface area contributed by atoms with Crippen molar-refractivity contribution in [2.45, 2.75) is 33.1 Å². The predicted octanol–water partition coefficient (Wildman–Crippen LogP) is 4.29. The molecule has 2 N–H and O–H groups in total. The van der Waals surface area contributed by atoms with E-state index in [1.54, 1.807) is 0 Å². The van der Waals surface area contributed by atoms with Crippen LogP contribution in [0, 0.1) is 6.92 Å².